The maximum absolute atomic E-state index is 11.7. The third-order valence-electron chi connectivity index (χ3n) is 5.35. The predicted octanol–water partition coefficient (Wildman–Crippen LogP) is 4.09. The van der Waals surface area contributed by atoms with Crippen molar-refractivity contribution in [3.8, 4) is 11.6 Å². The zero-order valence-corrected chi connectivity index (χ0v) is 15.8. The molecule has 0 saturated heterocycles. The largest absolute Gasteiger partial charge is 0.460 e. The van der Waals surface area contributed by atoms with E-state index in [0.717, 1.165) is 36.2 Å². The highest BCUT2D eigenvalue weighted by atomic mass is 16.3. The lowest BCUT2D eigenvalue weighted by atomic mass is 10.1. The molecule has 0 atom stereocenters. The smallest absolute Gasteiger partial charge is 0.249 e. The van der Waals surface area contributed by atoms with Crippen LogP contribution in [0.4, 0.5) is 5.82 Å². The molecule has 29 heavy (non-hydrogen) atoms. The number of primary amides is 1. The van der Waals surface area contributed by atoms with Crippen molar-refractivity contribution in [3.63, 3.8) is 0 Å². The number of nitrogens with one attached hydrogen (secondary N) is 1. The first-order chi connectivity index (χ1) is 14.2. The van der Waals surface area contributed by atoms with E-state index in [0.29, 0.717) is 29.1 Å². The molecule has 144 valence electrons. The number of hydrogen-bond acceptors (Lipinski definition) is 5. The van der Waals surface area contributed by atoms with Crippen molar-refractivity contribution in [1.82, 2.24) is 9.97 Å². The molecule has 0 spiro atoms. The van der Waals surface area contributed by atoms with Gasteiger partial charge in [0.15, 0.2) is 11.6 Å². The minimum absolute atomic E-state index is 0.432. The fourth-order valence-corrected chi connectivity index (χ4v) is 3.92. The van der Waals surface area contributed by atoms with Gasteiger partial charge in [-0.2, -0.15) is 0 Å². The maximum Gasteiger partial charge on any atom is 0.249 e. The summed E-state index contributed by atoms with van der Waals surface area (Å²) in [5.41, 5.74) is 9.35. The van der Waals surface area contributed by atoms with Crippen LogP contribution in [0.15, 0.2) is 59.2 Å². The van der Waals surface area contributed by atoms with Gasteiger partial charge in [-0.15, -0.1) is 0 Å². The Labute approximate surface area is 167 Å². The number of aryl methyl sites for hydroxylation is 1. The molecule has 2 aromatic heterocycles. The minimum Gasteiger partial charge on any atom is -0.460 e. The molecule has 3 N–H and O–H groups in total. The molecule has 0 bridgehead atoms. The molecule has 6 nitrogen and oxygen atoms in total. The van der Waals surface area contributed by atoms with Gasteiger partial charge in [0.05, 0.1) is 5.56 Å². The van der Waals surface area contributed by atoms with Crippen LogP contribution in [0.5, 0.6) is 0 Å². The number of benzene rings is 2. The number of amides is 1. The van der Waals surface area contributed by atoms with Crippen LogP contribution in [0.2, 0.25) is 0 Å². The first kappa shape index (κ1) is 17.4. The third kappa shape index (κ3) is 3.12. The van der Waals surface area contributed by atoms with E-state index in [9.17, 15) is 4.79 Å². The Balaban J connectivity index is 1.57. The van der Waals surface area contributed by atoms with E-state index < -0.39 is 5.91 Å². The molecular formula is C23H20N4O2. The second kappa shape index (κ2) is 7.05. The van der Waals surface area contributed by atoms with Gasteiger partial charge in [-0.25, -0.2) is 9.97 Å². The predicted molar refractivity (Wildman–Crippen MR) is 112 cm³/mol. The van der Waals surface area contributed by atoms with Crippen molar-refractivity contribution in [2.45, 2.75) is 25.8 Å². The summed E-state index contributed by atoms with van der Waals surface area (Å²) in [5.74, 6) is 1.45. The van der Waals surface area contributed by atoms with Crippen molar-refractivity contribution in [2.24, 2.45) is 5.73 Å². The van der Waals surface area contributed by atoms with E-state index in [1.165, 1.54) is 11.1 Å². The van der Waals surface area contributed by atoms with E-state index in [2.05, 4.69) is 17.4 Å². The molecule has 6 heteroatoms. The zero-order valence-electron chi connectivity index (χ0n) is 15.8. The van der Waals surface area contributed by atoms with Gasteiger partial charge in [0.25, 0.3) is 0 Å². The zero-order chi connectivity index (χ0) is 19.8. The highest BCUT2D eigenvalue weighted by Crippen LogP contribution is 2.34. The van der Waals surface area contributed by atoms with Gasteiger partial charge < -0.3 is 15.5 Å². The van der Waals surface area contributed by atoms with Crippen molar-refractivity contribution in [2.75, 3.05) is 5.32 Å². The number of furan rings is 1. The summed E-state index contributed by atoms with van der Waals surface area (Å²) >= 11 is 0. The van der Waals surface area contributed by atoms with Crippen molar-refractivity contribution >= 4 is 22.5 Å². The Morgan fingerprint density at radius 1 is 1.03 bits per heavy atom. The minimum atomic E-state index is -0.483. The summed E-state index contributed by atoms with van der Waals surface area (Å²) in [7, 11) is 0. The summed E-state index contributed by atoms with van der Waals surface area (Å²) in [6, 6.07) is 15.6. The number of anilines is 1. The van der Waals surface area contributed by atoms with Crippen LogP contribution in [0.3, 0.4) is 0 Å². The molecule has 1 aliphatic carbocycles. The summed E-state index contributed by atoms with van der Waals surface area (Å²) in [6.45, 7) is 0.689. The Hall–Kier alpha value is -3.67. The van der Waals surface area contributed by atoms with E-state index >= 15 is 0 Å². The number of carbonyl (C=O) groups is 1. The molecule has 0 unspecified atom stereocenters. The first-order valence-electron chi connectivity index (χ1n) is 9.68. The molecule has 1 aliphatic rings. The van der Waals surface area contributed by atoms with Crippen LogP contribution < -0.4 is 11.1 Å². The fourth-order valence-electron chi connectivity index (χ4n) is 3.92. The van der Waals surface area contributed by atoms with Crippen LogP contribution in [0.25, 0.3) is 22.4 Å². The van der Waals surface area contributed by atoms with Gasteiger partial charge in [0, 0.05) is 28.6 Å². The third-order valence-corrected chi connectivity index (χ3v) is 5.35. The Morgan fingerprint density at radius 3 is 2.72 bits per heavy atom. The standard InChI is InChI=1S/C23H20N4O2/c24-21(28)16-9-4-8-15-18(16)13-29-20(15)23-26-19-11-5-10-17(19)22(27-23)25-12-14-6-2-1-3-7-14/h1-4,6-9,13H,5,10-12H2,(H2,24,28)(H,25,26,27). The average Bonchev–Trinajstić information content (AvgIpc) is 3.39. The van der Waals surface area contributed by atoms with Crippen LogP contribution in [-0.4, -0.2) is 15.9 Å². The molecule has 5 rings (SSSR count). The Kier molecular flexibility index (Phi) is 4.24. The number of hydrogen-bond donors (Lipinski definition) is 2. The van der Waals surface area contributed by atoms with Crippen LogP contribution >= 0.6 is 0 Å². The van der Waals surface area contributed by atoms with Crippen molar-refractivity contribution < 1.29 is 9.21 Å². The van der Waals surface area contributed by atoms with E-state index in [4.69, 9.17) is 20.1 Å². The molecule has 4 aromatic rings. The number of rotatable bonds is 5. The average molecular weight is 384 g/mol. The van der Waals surface area contributed by atoms with Crippen molar-refractivity contribution in [1.29, 1.82) is 0 Å². The second-order valence-electron chi connectivity index (χ2n) is 7.21. The van der Waals surface area contributed by atoms with Gasteiger partial charge in [-0.05, 0) is 30.9 Å². The number of fused-ring (bicyclic) bond motifs is 2. The number of nitrogens with two attached hydrogens (primary N) is 1. The Bertz CT molecular complexity index is 1210. The monoisotopic (exact) mass is 384 g/mol. The van der Waals surface area contributed by atoms with E-state index in [1.807, 2.05) is 24.3 Å². The molecule has 0 aliphatic heterocycles. The van der Waals surface area contributed by atoms with Crippen LogP contribution in [-0.2, 0) is 19.4 Å². The molecule has 2 heterocycles. The molecule has 1 amide bonds. The van der Waals surface area contributed by atoms with E-state index in [1.54, 1.807) is 18.4 Å². The van der Waals surface area contributed by atoms with Crippen LogP contribution in [0.1, 0.15) is 33.6 Å². The molecular weight excluding hydrogens is 364 g/mol. The Morgan fingerprint density at radius 2 is 1.90 bits per heavy atom. The second-order valence-corrected chi connectivity index (χ2v) is 7.21. The molecule has 2 aromatic carbocycles. The van der Waals surface area contributed by atoms with Crippen LogP contribution in [0, 0.1) is 0 Å². The summed E-state index contributed by atoms with van der Waals surface area (Å²) in [4.78, 5) is 21.3. The highest BCUT2D eigenvalue weighted by molar-refractivity contribution is 6.08. The summed E-state index contributed by atoms with van der Waals surface area (Å²) < 4.78 is 5.81. The van der Waals surface area contributed by atoms with Crippen molar-refractivity contribution in [3.05, 3.63) is 77.2 Å². The summed E-state index contributed by atoms with van der Waals surface area (Å²) in [6.07, 6.45) is 4.52. The van der Waals surface area contributed by atoms with Gasteiger partial charge in [0.2, 0.25) is 5.91 Å². The molecule has 0 fully saturated rings. The SMILES string of the molecule is NC(=O)c1cccc2c(-c3nc4c(c(NCc5ccccc5)n3)CCC4)occ12. The molecule has 0 saturated carbocycles. The lowest BCUT2D eigenvalue weighted by Crippen LogP contribution is -2.10. The molecule has 0 radical (unpaired) electrons. The topological polar surface area (TPSA) is 94.0 Å². The maximum atomic E-state index is 11.7. The van der Waals surface area contributed by atoms with E-state index in [-0.39, 0.29) is 0 Å². The number of carbonyl (C=O) groups excluding carboxylic acids is 1. The normalized spacial score (nSPS) is 12.8. The first-order valence-corrected chi connectivity index (χ1v) is 9.68. The van der Waals surface area contributed by atoms with Gasteiger partial charge in [-0.1, -0.05) is 42.5 Å². The lowest BCUT2D eigenvalue weighted by Gasteiger charge is -2.12. The van der Waals surface area contributed by atoms with Gasteiger partial charge in [0.1, 0.15) is 12.1 Å². The fraction of sp³-hybridized carbons (Fsp3) is 0.174. The number of aromatic nitrogens is 2. The lowest BCUT2D eigenvalue weighted by molar-refractivity contribution is 0.100. The number of nitrogens with zero attached hydrogens (tertiary/aromatic N) is 2. The van der Waals surface area contributed by atoms with Gasteiger partial charge in [-0.3, -0.25) is 4.79 Å². The quantitative estimate of drug-likeness (QED) is 0.540. The van der Waals surface area contributed by atoms with Gasteiger partial charge >= 0.3 is 0 Å². The highest BCUT2D eigenvalue weighted by Gasteiger charge is 2.23. The summed E-state index contributed by atoms with van der Waals surface area (Å²) in [5, 5.41) is 4.94.